The summed E-state index contributed by atoms with van der Waals surface area (Å²) < 4.78 is 0. The van der Waals surface area contributed by atoms with Crippen LogP contribution in [0.4, 0.5) is 0 Å². The van der Waals surface area contributed by atoms with E-state index < -0.39 is 0 Å². The summed E-state index contributed by atoms with van der Waals surface area (Å²) in [6.45, 7) is 0. The third-order valence-electron chi connectivity index (χ3n) is 1.98. The molecule has 0 saturated carbocycles. The summed E-state index contributed by atoms with van der Waals surface area (Å²) in [5, 5.41) is 8.91. The van der Waals surface area contributed by atoms with Gasteiger partial charge in [-0.15, -0.1) is 11.6 Å². The van der Waals surface area contributed by atoms with E-state index in [0.717, 1.165) is 18.4 Å². The predicted octanol–water partition coefficient (Wildman–Crippen LogP) is 3.31. The molecule has 0 heterocycles. The van der Waals surface area contributed by atoms with Gasteiger partial charge in [-0.05, 0) is 18.4 Å². The van der Waals surface area contributed by atoms with Gasteiger partial charge in [0.2, 0.25) is 0 Å². The first-order valence-electron chi connectivity index (χ1n) is 4.39. The van der Waals surface area contributed by atoms with E-state index in [1.807, 2.05) is 30.3 Å². The smallest absolute Gasteiger partial charge is 0.0713 e. The highest BCUT2D eigenvalue weighted by Crippen LogP contribution is 2.19. The van der Waals surface area contributed by atoms with Crippen molar-refractivity contribution in [3.8, 4) is 6.07 Å². The molecule has 0 amide bonds. The van der Waals surface area contributed by atoms with Gasteiger partial charge in [-0.1, -0.05) is 30.3 Å². The standard InChI is InChI=1S/C11H12ClN/c12-8-4-7-11(9-13)10-5-2-1-3-6-10/h1-3,5-6,11H,4,7-8H2. The van der Waals surface area contributed by atoms with Crippen LogP contribution < -0.4 is 0 Å². The maximum Gasteiger partial charge on any atom is 0.0713 e. The van der Waals surface area contributed by atoms with Gasteiger partial charge in [0.25, 0.3) is 0 Å². The number of nitrogens with zero attached hydrogens (tertiary/aromatic N) is 1. The van der Waals surface area contributed by atoms with E-state index in [1.54, 1.807) is 0 Å². The zero-order chi connectivity index (χ0) is 9.52. The zero-order valence-corrected chi connectivity index (χ0v) is 8.17. The van der Waals surface area contributed by atoms with Crippen molar-refractivity contribution in [2.24, 2.45) is 0 Å². The van der Waals surface area contributed by atoms with Crippen molar-refractivity contribution < 1.29 is 0 Å². The third-order valence-corrected chi connectivity index (χ3v) is 2.25. The number of nitriles is 1. The van der Waals surface area contributed by atoms with Gasteiger partial charge in [-0.2, -0.15) is 5.26 Å². The number of rotatable bonds is 4. The molecule has 0 saturated heterocycles. The van der Waals surface area contributed by atoms with Gasteiger partial charge >= 0.3 is 0 Å². The first-order valence-corrected chi connectivity index (χ1v) is 4.92. The van der Waals surface area contributed by atoms with Crippen molar-refractivity contribution in [1.29, 1.82) is 5.26 Å². The minimum absolute atomic E-state index is 0.0000463. The van der Waals surface area contributed by atoms with Gasteiger partial charge in [-0.25, -0.2) is 0 Å². The molecule has 0 aromatic heterocycles. The Morgan fingerprint density at radius 1 is 1.31 bits per heavy atom. The molecule has 0 aliphatic rings. The molecule has 0 spiro atoms. The maximum atomic E-state index is 8.91. The Morgan fingerprint density at radius 2 is 2.00 bits per heavy atom. The number of halogens is 1. The Morgan fingerprint density at radius 3 is 2.54 bits per heavy atom. The van der Waals surface area contributed by atoms with Crippen molar-refractivity contribution in [2.75, 3.05) is 5.88 Å². The van der Waals surface area contributed by atoms with Gasteiger partial charge in [0.05, 0.1) is 12.0 Å². The van der Waals surface area contributed by atoms with Crippen LogP contribution in [0.5, 0.6) is 0 Å². The SMILES string of the molecule is N#CC(CCCCl)c1ccccc1. The van der Waals surface area contributed by atoms with Crippen LogP contribution in [0.2, 0.25) is 0 Å². The van der Waals surface area contributed by atoms with Crippen LogP contribution in [0.1, 0.15) is 24.3 Å². The molecule has 0 aliphatic heterocycles. The summed E-state index contributed by atoms with van der Waals surface area (Å²) in [6, 6.07) is 12.1. The fourth-order valence-electron chi connectivity index (χ4n) is 1.27. The lowest BCUT2D eigenvalue weighted by atomic mass is 9.96. The van der Waals surface area contributed by atoms with E-state index in [4.69, 9.17) is 16.9 Å². The van der Waals surface area contributed by atoms with Crippen molar-refractivity contribution >= 4 is 11.6 Å². The van der Waals surface area contributed by atoms with Gasteiger partial charge in [0.15, 0.2) is 0 Å². The number of hydrogen-bond donors (Lipinski definition) is 0. The van der Waals surface area contributed by atoms with Crippen LogP contribution in [-0.2, 0) is 0 Å². The molecule has 1 aromatic rings. The molecule has 68 valence electrons. The fourth-order valence-corrected chi connectivity index (χ4v) is 1.43. The number of hydrogen-bond acceptors (Lipinski definition) is 1. The van der Waals surface area contributed by atoms with Crippen LogP contribution in [0.15, 0.2) is 30.3 Å². The van der Waals surface area contributed by atoms with E-state index in [1.165, 1.54) is 0 Å². The molecule has 13 heavy (non-hydrogen) atoms. The molecule has 1 rings (SSSR count). The largest absolute Gasteiger partial charge is 0.198 e. The minimum atomic E-state index is -0.0000463. The van der Waals surface area contributed by atoms with Crippen LogP contribution in [0.25, 0.3) is 0 Å². The average Bonchev–Trinajstić information content (AvgIpc) is 2.21. The molecule has 2 heteroatoms. The van der Waals surface area contributed by atoms with Crippen molar-refractivity contribution in [3.63, 3.8) is 0 Å². The average molecular weight is 194 g/mol. The predicted molar refractivity (Wildman–Crippen MR) is 54.8 cm³/mol. The van der Waals surface area contributed by atoms with Crippen LogP contribution in [-0.4, -0.2) is 5.88 Å². The Bertz CT molecular complexity index is 276. The summed E-state index contributed by atoms with van der Waals surface area (Å²) in [5.74, 6) is 0.630. The van der Waals surface area contributed by atoms with Gasteiger partial charge in [0, 0.05) is 5.88 Å². The highest BCUT2D eigenvalue weighted by molar-refractivity contribution is 6.17. The molecule has 1 nitrogen and oxygen atoms in total. The Labute approximate surface area is 84.0 Å². The molecule has 0 bridgehead atoms. The second-order valence-corrected chi connectivity index (χ2v) is 3.30. The van der Waals surface area contributed by atoms with E-state index in [-0.39, 0.29) is 5.92 Å². The summed E-state index contributed by atoms with van der Waals surface area (Å²) in [7, 11) is 0. The number of alkyl halides is 1. The van der Waals surface area contributed by atoms with Crippen LogP contribution in [0, 0.1) is 11.3 Å². The molecule has 0 aliphatic carbocycles. The molecular weight excluding hydrogens is 182 g/mol. The Balaban J connectivity index is 2.63. The van der Waals surface area contributed by atoms with E-state index in [0.29, 0.717) is 5.88 Å². The van der Waals surface area contributed by atoms with Crippen molar-refractivity contribution in [3.05, 3.63) is 35.9 Å². The molecule has 1 unspecified atom stereocenters. The molecule has 1 atom stereocenters. The normalized spacial score (nSPS) is 12.0. The second-order valence-electron chi connectivity index (χ2n) is 2.92. The molecule has 0 fully saturated rings. The highest BCUT2D eigenvalue weighted by Gasteiger charge is 2.08. The first-order chi connectivity index (χ1) is 6.38. The monoisotopic (exact) mass is 193 g/mol. The summed E-state index contributed by atoms with van der Waals surface area (Å²) in [6.07, 6.45) is 1.75. The highest BCUT2D eigenvalue weighted by atomic mass is 35.5. The van der Waals surface area contributed by atoms with Gasteiger partial charge < -0.3 is 0 Å². The van der Waals surface area contributed by atoms with Crippen LogP contribution >= 0.6 is 11.6 Å². The van der Waals surface area contributed by atoms with Gasteiger partial charge in [-0.3, -0.25) is 0 Å². The van der Waals surface area contributed by atoms with Gasteiger partial charge in [0.1, 0.15) is 0 Å². The van der Waals surface area contributed by atoms with Crippen molar-refractivity contribution in [1.82, 2.24) is 0 Å². The first kappa shape index (κ1) is 10.1. The minimum Gasteiger partial charge on any atom is -0.198 e. The van der Waals surface area contributed by atoms with Crippen molar-refractivity contribution in [2.45, 2.75) is 18.8 Å². The van der Waals surface area contributed by atoms with E-state index in [2.05, 4.69) is 6.07 Å². The Hall–Kier alpha value is -1.00. The molecule has 1 aromatic carbocycles. The summed E-state index contributed by atoms with van der Waals surface area (Å²) >= 11 is 5.58. The lowest BCUT2D eigenvalue weighted by Crippen LogP contribution is -1.95. The van der Waals surface area contributed by atoms with E-state index in [9.17, 15) is 0 Å². The lowest BCUT2D eigenvalue weighted by Gasteiger charge is -2.07. The van der Waals surface area contributed by atoms with E-state index >= 15 is 0 Å². The molecule has 0 N–H and O–H groups in total. The fraction of sp³-hybridized carbons (Fsp3) is 0.364. The third kappa shape index (κ3) is 3.08. The number of benzene rings is 1. The maximum absolute atomic E-state index is 8.91. The topological polar surface area (TPSA) is 23.8 Å². The lowest BCUT2D eigenvalue weighted by molar-refractivity contribution is 0.731. The second kappa shape index (κ2) is 5.61. The Kier molecular flexibility index (Phi) is 4.35. The zero-order valence-electron chi connectivity index (χ0n) is 7.41. The summed E-state index contributed by atoms with van der Waals surface area (Å²) in [5.41, 5.74) is 1.09. The van der Waals surface area contributed by atoms with Crippen LogP contribution in [0.3, 0.4) is 0 Å². The molecule has 0 radical (unpaired) electrons. The molecular formula is C11H12ClN. The summed E-state index contributed by atoms with van der Waals surface area (Å²) in [4.78, 5) is 0. The quantitative estimate of drug-likeness (QED) is 0.673.